The van der Waals surface area contributed by atoms with E-state index in [-0.39, 0.29) is 11.9 Å². The molecule has 0 aliphatic carbocycles. The zero-order valence-corrected chi connectivity index (χ0v) is 19.7. The van der Waals surface area contributed by atoms with Crippen LogP contribution in [0.5, 0.6) is 5.75 Å². The molecule has 0 saturated carbocycles. The highest BCUT2D eigenvalue weighted by atomic mass is 16.5. The standard InChI is InChI=1S/C24H33N7O2/c1-17(2)31-16-27-21-22(25-13-11-18-7-9-19(33-3)10-8-18)28-24(29-23(21)31)26-12-5-15-30-14-4-6-20(30)32/h7-10,16-17H,4-6,11-15H2,1-3H3,(H2,25,26,28,29). The number of benzene rings is 1. The molecule has 2 N–H and O–H groups in total. The topological polar surface area (TPSA) is 97.2 Å². The Morgan fingerprint density at radius 2 is 1.94 bits per heavy atom. The minimum absolute atomic E-state index is 0.242. The van der Waals surface area contributed by atoms with E-state index in [1.807, 2.05) is 23.4 Å². The molecule has 0 radical (unpaired) electrons. The summed E-state index contributed by atoms with van der Waals surface area (Å²) in [5.41, 5.74) is 2.80. The van der Waals surface area contributed by atoms with Gasteiger partial charge in [0.25, 0.3) is 0 Å². The number of ether oxygens (including phenoxy) is 1. The van der Waals surface area contributed by atoms with Gasteiger partial charge in [-0.3, -0.25) is 4.79 Å². The number of methoxy groups -OCH3 is 1. The maximum Gasteiger partial charge on any atom is 0.226 e. The fourth-order valence-corrected chi connectivity index (χ4v) is 4.02. The van der Waals surface area contributed by atoms with Crippen molar-refractivity contribution in [2.45, 2.75) is 45.6 Å². The summed E-state index contributed by atoms with van der Waals surface area (Å²) in [6.07, 6.45) is 5.18. The van der Waals surface area contributed by atoms with E-state index in [4.69, 9.17) is 14.7 Å². The van der Waals surface area contributed by atoms with Gasteiger partial charge in [0.15, 0.2) is 17.0 Å². The minimum Gasteiger partial charge on any atom is -0.497 e. The maximum atomic E-state index is 11.8. The number of aromatic nitrogens is 4. The predicted molar refractivity (Wildman–Crippen MR) is 130 cm³/mol. The van der Waals surface area contributed by atoms with Crippen LogP contribution in [0, 0.1) is 0 Å². The molecular weight excluding hydrogens is 418 g/mol. The van der Waals surface area contributed by atoms with Gasteiger partial charge in [-0.1, -0.05) is 12.1 Å². The van der Waals surface area contributed by atoms with Crippen molar-refractivity contribution in [1.29, 1.82) is 0 Å². The van der Waals surface area contributed by atoms with Crippen LogP contribution in [0.1, 0.15) is 44.7 Å². The Bertz CT molecular complexity index is 1080. The second kappa shape index (κ2) is 10.5. The zero-order chi connectivity index (χ0) is 23.2. The Hall–Kier alpha value is -3.36. The molecule has 1 aliphatic heterocycles. The summed E-state index contributed by atoms with van der Waals surface area (Å²) in [6.45, 7) is 7.29. The van der Waals surface area contributed by atoms with Crippen molar-refractivity contribution in [2.75, 3.05) is 43.9 Å². The number of amides is 1. The van der Waals surface area contributed by atoms with Crippen molar-refractivity contribution >= 4 is 28.8 Å². The van der Waals surface area contributed by atoms with Gasteiger partial charge in [0, 0.05) is 38.6 Å². The van der Waals surface area contributed by atoms with Crippen LogP contribution in [0.4, 0.5) is 11.8 Å². The van der Waals surface area contributed by atoms with Gasteiger partial charge in [0.2, 0.25) is 11.9 Å². The Labute approximate surface area is 194 Å². The number of anilines is 2. The first-order valence-corrected chi connectivity index (χ1v) is 11.7. The third-order valence-corrected chi connectivity index (χ3v) is 5.90. The third-order valence-electron chi connectivity index (χ3n) is 5.90. The number of carbonyl (C=O) groups excluding carboxylic acids is 1. The molecule has 2 aromatic heterocycles. The summed E-state index contributed by atoms with van der Waals surface area (Å²) in [4.78, 5) is 27.7. The summed E-state index contributed by atoms with van der Waals surface area (Å²) in [5, 5.41) is 6.78. The van der Waals surface area contributed by atoms with Crippen molar-refractivity contribution in [1.82, 2.24) is 24.4 Å². The number of carbonyl (C=O) groups is 1. The molecule has 4 rings (SSSR count). The molecule has 0 bridgehead atoms. The number of nitrogens with zero attached hydrogens (tertiary/aromatic N) is 5. The van der Waals surface area contributed by atoms with Crippen LogP contribution in [0.25, 0.3) is 11.2 Å². The fourth-order valence-electron chi connectivity index (χ4n) is 4.02. The fraction of sp³-hybridized carbons (Fsp3) is 0.500. The van der Waals surface area contributed by atoms with Crippen molar-refractivity contribution in [3.8, 4) is 5.75 Å². The highest BCUT2D eigenvalue weighted by Gasteiger charge is 2.19. The lowest BCUT2D eigenvalue weighted by molar-refractivity contribution is -0.127. The quantitative estimate of drug-likeness (QED) is 0.431. The number of hydrogen-bond donors (Lipinski definition) is 2. The lowest BCUT2D eigenvalue weighted by atomic mass is 10.1. The average molecular weight is 452 g/mol. The molecule has 1 fully saturated rings. The number of hydrogen-bond acceptors (Lipinski definition) is 7. The SMILES string of the molecule is COc1ccc(CCNc2nc(NCCCN3CCCC3=O)nc3c2ncn3C(C)C)cc1. The van der Waals surface area contributed by atoms with Crippen molar-refractivity contribution in [3.63, 3.8) is 0 Å². The van der Waals surface area contributed by atoms with E-state index in [1.165, 1.54) is 5.56 Å². The number of likely N-dealkylation sites (tertiary alicyclic amines) is 1. The molecule has 1 amide bonds. The average Bonchev–Trinajstić information content (AvgIpc) is 3.43. The van der Waals surface area contributed by atoms with Gasteiger partial charge in [-0.15, -0.1) is 0 Å². The summed E-state index contributed by atoms with van der Waals surface area (Å²) in [6, 6.07) is 8.33. The Balaban J connectivity index is 1.42. The third kappa shape index (κ3) is 5.53. The molecule has 1 saturated heterocycles. The largest absolute Gasteiger partial charge is 0.497 e. The predicted octanol–water partition coefficient (Wildman–Crippen LogP) is 3.49. The Kier molecular flexibility index (Phi) is 7.26. The normalized spacial score (nSPS) is 13.8. The number of fused-ring (bicyclic) bond motifs is 1. The van der Waals surface area contributed by atoms with E-state index in [9.17, 15) is 4.79 Å². The molecule has 9 heteroatoms. The van der Waals surface area contributed by atoms with Crippen molar-refractivity contribution in [3.05, 3.63) is 36.2 Å². The molecule has 3 heterocycles. The minimum atomic E-state index is 0.242. The van der Waals surface area contributed by atoms with E-state index in [2.05, 4.69) is 46.2 Å². The van der Waals surface area contributed by atoms with Gasteiger partial charge >= 0.3 is 0 Å². The first kappa shape index (κ1) is 22.8. The van der Waals surface area contributed by atoms with Crippen LogP contribution in [0.15, 0.2) is 30.6 Å². The van der Waals surface area contributed by atoms with Crippen LogP contribution < -0.4 is 15.4 Å². The molecule has 0 spiro atoms. The first-order chi connectivity index (χ1) is 16.0. The van der Waals surface area contributed by atoms with Crippen LogP contribution in [0.2, 0.25) is 0 Å². The van der Waals surface area contributed by atoms with Gasteiger partial charge in [-0.25, -0.2) is 4.98 Å². The van der Waals surface area contributed by atoms with E-state index in [0.717, 1.165) is 61.6 Å². The molecule has 3 aromatic rings. The van der Waals surface area contributed by atoms with Gasteiger partial charge in [-0.2, -0.15) is 9.97 Å². The van der Waals surface area contributed by atoms with Crippen LogP contribution in [-0.4, -0.2) is 63.6 Å². The second-order valence-electron chi connectivity index (χ2n) is 8.60. The molecule has 0 unspecified atom stereocenters. The summed E-state index contributed by atoms with van der Waals surface area (Å²) in [7, 11) is 1.67. The number of nitrogens with one attached hydrogen (secondary N) is 2. The van der Waals surface area contributed by atoms with Gasteiger partial charge < -0.3 is 24.8 Å². The number of rotatable bonds is 11. The first-order valence-electron chi connectivity index (χ1n) is 11.7. The number of imidazole rings is 1. The van der Waals surface area contributed by atoms with Gasteiger partial charge in [-0.05, 0) is 50.8 Å². The lowest BCUT2D eigenvalue weighted by Crippen LogP contribution is -2.27. The van der Waals surface area contributed by atoms with Crippen molar-refractivity contribution < 1.29 is 9.53 Å². The van der Waals surface area contributed by atoms with Crippen molar-refractivity contribution in [2.24, 2.45) is 0 Å². The van der Waals surface area contributed by atoms with Crippen LogP contribution in [0.3, 0.4) is 0 Å². The Morgan fingerprint density at radius 3 is 2.64 bits per heavy atom. The van der Waals surface area contributed by atoms with E-state index >= 15 is 0 Å². The van der Waals surface area contributed by atoms with Crippen LogP contribution >= 0.6 is 0 Å². The van der Waals surface area contributed by atoms with Gasteiger partial charge in [0.1, 0.15) is 5.75 Å². The van der Waals surface area contributed by atoms with Gasteiger partial charge in [0.05, 0.1) is 13.4 Å². The molecule has 1 aromatic carbocycles. The highest BCUT2D eigenvalue weighted by Crippen LogP contribution is 2.23. The molecule has 33 heavy (non-hydrogen) atoms. The summed E-state index contributed by atoms with van der Waals surface area (Å²) < 4.78 is 7.29. The monoisotopic (exact) mass is 451 g/mol. The highest BCUT2D eigenvalue weighted by molar-refractivity contribution is 5.84. The maximum absolute atomic E-state index is 11.8. The van der Waals surface area contributed by atoms with E-state index in [1.54, 1.807) is 7.11 Å². The van der Waals surface area contributed by atoms with E-state index < -0.39 is 0 Å². The second-order valence-corrected chi connectivity index (χ2v) is 8.60. The molecule has 9 nitrogen and oxygen atoms in total. The van der Waals surface area contributed by atoms with E-state index in [0.29, 0.717) is 18.9 Å². The molecular formula is C24H33N7O2. The molecule has 0 atom stereocenters. The lowest BCUT2D eigenvalue weighted by Gasteiger charge is -2.16. The zero-order valence-electron chi connectivity index (χ0n) is 19.7. The molecule has 176 valence electrons. The van der Waals surface area contributed by atoms with Crippen LogP contribution in [-0.2, 0) is 11.2 Å². The smallest absolute Gasteiger partial charge is 0.226 e. The summed E-state index contributed by atoms with van der Waals surface area (Å²) in [5.74, 6) is 2.42. The summed E-state index contributed by atoms with van der Waals surface area (Å²) >= 11 is 0. The molecule has 1 aliphatic rings. The Morgan fingerprint density at radius 1 is 1.12 bits per heavy atom.